The van der Waals surface area contributed by atoms with E-state index in [1.54, 1.807) is 6.07 Å². The van der Waals surface area contributed by atoms with E-state index in [1.165, 1.54) is 12.4 Å². The average molecular weight is 463 g/mol. The van der Waals surface area contributed by atoms with Crippen molar-refractivity contribution >= 4 is 29.0 Å². The number of pyridine rings is 2. The Kier molecular flexibility index (Phi) is 7.12. The number of aromatic nitrogens is 2. The topological polar surface area (TPSA) is 136 Å². The van der Waals surface area contributed by atoms with E-state index < -0.39 is 11.7 Å². The van der Waals surface area contributed by atoms with Crippen LogP contribution >= 0.6 is 0 Å². The Hall–Kier alpha value is -3.85. The van der Waals surface area contributed by atoms with Crippen LogP contribution in [-0.2, 0) is 6.42 Å². The summed E-state index contributed by atoms with van der Waals surface area (Å²) in [5.74, 6) is -1.59. The highest BCUT2D eigenvalue weighted by Crippen LogP contribution is 2.27. The van der Waals surface area contributed by atoms with E-state index in [-0.39, 0.29) is 41.5 Å². The summed E-state index contributed by atoms with van der Waals surface area (Å²) < 4.78 is 14.7. The first-order valence-corrected chi connectivity index (χ1v) is 11.2. The number of nitrogens with one attached hydrogen (secondary N) is 2. The number of nitrogens with zero attached hydrogens (tertiary/aromatic N) is 2. The molecule has 3 aromatic rings. The van der Waals surface area contributed by atoms with E-state index in [1.807, 2.05) is 30.3 Å². The van der Waals surface area contributed by atoms with Gasteiger partial charge in [0.2, 0.25) is 0 Å². The van der Waals surface area contributed by atoms with Gasteiger partial charge >= 0.3 is 0 Å². The van der Waals surface area contributed by atoms with Gasteiger partial charge in [0.1, 0.15) is 5.82 Å². The minimum absolute atomic E-state index is 0.0147. The van der Waals surface area contributed by atoms with E-state index in [0.717, 1.165) is 37.3 Å². The zero-order valence-corrected chi connectivity index (χ0v) is 18.6. The number of carbonyl (C=O) groups is 2. The average Bonchev–Trinajstić information content (AvgIpc) is 2.83. The van der Waals surface area contributed by atoms with Crippen LogP contribution in [-0.4, -0.2) is 33.7 Å². The Morgan fingerprint density at radius 3 is 2.56 bits per heavy atom. The van der Waals surface area contributed by atoms with Crippen LogP contribution in [0.1, 0.15) is 52.0 Å². The summed E-state index contributed by atoms with van der Waals surface area (Å²) in [6, 6.07) is 11.8. The van der Waals surface area contributed by atoms with Gasteiger partial charge < -0.3 is 22.1 Å². The highest BCUT2D eigenvalue weighted by molar-refractivity contribution is 6.00. The highest BCUT2D eigenvalue weighted by Gasteiger charge is 2.24. The van der Waals surface area contributed by atoms with Crippen molar-refractivity contribution in [2.45, 2.75) is 44.2 Å². The second kappa shape index (κ2) is 10.4. The van der Waals surface area contributed by atoms with Crippen molar-refractivity contribution in [2.75, 3.05) is 10.6 Å². The van der Waals surface area contributed by atoms with Gasteiger partial charge in [-0.2, -0.15) is 0 Å². The molecule has 6 N–H and O–H groups in total. The number of nitrogens with two attached hydrogens (primary N) is 2. The lowest BCUT2D eigenvalue weighted by Gasteiger charge is -2.30. The number of hydrogen-bond acceptors (Lipinski definition) is 7. The second-order valence-electron chi connectivity index (χ2n) is 8.45. The third kappa shape index (κ3) is 5.55. The summed E-state index contributed by atoms with van der Waals surface area (Å²) in [6.45, 7) is 0. The molecule has 0 radical (unpaired) electrons. The predicted octanol–water partition coefficient (Wildman–Crippen LogP) is 3.57. The molecular weight excluding hydrogens is 435 g/mol. The van der Waals surface area contributed by atoms with Crippen LogP contribution in [0.25, 0.3) is 0 Å². The monoisotopic (exact) mass is 462 g/mol. The van der Waals surface area contributed by atoms with Crippen LogP contribution in [0.2, 0.25) is 0 Å². The lowest BCUT2D eigenvalue weighted by atomic mass is 9.91. The predicted molar refractivity (Wildman–Crippen MR) is 129 cm³/mol. The van der Waals surface area contributed by atoms with Crippen molar-refractivity contribution in [1.29, 1.82) is 0 Å². The molecule has 1 aromatic carbocycles. The molecule has 2 atom stereocenters. The van der Waals surface area contributed by atoms with Crippen molar-refractivity contribution in [3.05, 3.63) is 77.4 Å². The van der Waals surface area contributed by atoms with E-state index in [9.17, 15) is 14.0 Å². The molecule has 0 unspecified atom stereocenters. The number of primary amides is 1. The molecule has 2 aromatic heterocycles. The minimum atomic E-state index is -0.834. The third-order valence-corrected chi connectivity index (χ3v) is 5.91. The largest absolute Gasteiger partial charge is 0.365 e. The van der Waals surface area contributed by atoms with Gasteiger partial charge in [-0.1, -0.05) is 43.2 Å². The molecule has 0 spiro atoms. The van der Waals surface area contributed by atoms with E-state index in [0.29, 0.717) is 11.3 Å². The summed E-state index contributed by atoms with van der Waals surface area (Å²) in [5, 5.41) is 6.04. The molecule has 4 rings (SSSR count). The van der Waals surface area contributed by atoms with Crippen molar-refractivity contribution in [1.82, 2.24) is 9.97 Å². The van der Waals surface area contributed by atoms with E-state index in [2.05, 4.69) is 20.6 Å². The van der Waals surface area contributed by atoms with Gasteiger partial charge in [0.25, 0.3) is 5.91 Å². The maximum Gasteiger partial charge on any atom is 0.252 e. The molecule has 1 saturated carbocycles. The van der Waals surface area contributed by atoms with Crippen molar-refractivity contribution in [2.24, 2.45) is 11.5 Å². The van der Waals surface area contributed by atoms with Crippen molar-refractivity contribution < 1.29 is 14.0 Å². The van der Waals surface area contributed by atoms with E-state index in [4.69, 9.17) is 11.5 Å². The molecule has 0 saturated heterocycles. The summed E-state index contributed by atoms with van der Waals surface area (Å²) in [7, 11) is 0. The highest BCUT2D eigenvalue weighted by atomic mass is 19.1. The maximum atomic E-state index is 14.7. The first-order chi connectivity index (χ1) is 16.4. The second-order valence-corrected chi connectivity index (χ2v) is 8.45. The first kappa shape index (κ1) is 23.3. The number of anilines is 3. The SMILES string of the molecule is NC(=O)c1cc(F)c(N[C@@H]2CCCC[C@@H]2N)nc1Nc1cncc(C(=O)Cc2ccccc2)c1. The normalized spacial score (nSPS) is 17.7. The van der Waals surface area contributed by atoms with Crippen molar-refractivity contribution in [3.63, 3.8) is 0 Å². The van der Waals surface area contributed by atoms with Gasteiger partial charge in [0.05, 0.1) is 17.4 Å². The summed E-state index contributed by atoms with van der Waals surface area (Å²) >= 11 is 0. The molecule has 1 aliphatic carbocycles. The van der Waals surface area contributed by atoms with Gasteiger partial charge in [-0.25, -0.2) is 9.37 Å². The van der Waals surface area contributed by atoms with Crippen LogP contribution in [0.4, 0.5) is 21.7 Å². The Balaban J connectivity index is 1.58. The first-order valence-electron chi connectivity index (χ1n) is 11.2. The van der Waals surface area contributed by atoms with Crippen LogP contribution < -0.4 is 22.1 Å². The number of Topliss-reactive ketones (excluding diaryl/α,β-unsaturated/α-hetero) is 1. The Morgan fingerprint density at radius 1 is 1.06 bits per heavy atom. The number of halogens is 1. The smallest absolute Gasteiger partial charge is 0.252 e. The number of carbonyl (C=O) groups excluding carboxylic acids is 2. The quantitative estimate of drug-likeness (QED) is 0.376. The van der Waals surface area contributed by atoms with Crippen LogP contribution in [0.5, 0.6) is 0 Å². The zero-order valence-electron chi connectivity index (χ0n) is 18.6. The maximum absolute atomic E-state index is 14.7. The van der Waals surface area contributed by atoms with Crippen LogP contribution in [0, 0.1) is 5.82 Å². The number of benzene rings is 1. The number of amides is 1. The summed E-state index contributed by atoms with van der Waals surface area (Å²) in [5.41, 5.74) is 13.2. The zero-order chi connectivity index (χ0) is 24.1. The molecule has 176 valence electrons. The summed E-state index contributed by atoms with van der Waals surface area (Å²) in [6.07, 6.45) is 6.86. The summed E-state index contributed by atoms with van der Waals surface area (Å²) in [4.78, 5) is 33.1. The van der Waals surface area contributed by atoms with Gasteiger partial charge in [-0.15, -0.1) is 0 Å². The molecule has 1 aliphatic rings. The van der Waals surface area contributed by atoms with Gasteiger partial charge in [-0.3, -0.25) is 14.6 Å². The standard InChI is InChI=1S/C25H27FN6O2/c26-19-12-18(23(28)34)24(32-25(19)31-21-9-5-4-8-20(21)27)30-17-11-16(13-29-14-17)22(33)10-15-6-2-1-3-7-15/h1-3,6-7,11-14,20-21H,4-5,8-10,27H2,(H2,28,34)(H2,30,31,32)/t20-,21+/m0/s1. The van der Waals surface area contributed by atoms with Crippen LogP contribution in [0.15, 0.2) is 54.9 Å². The van der Waals surface area contributed by atoms with Gasteiger partial charge in [0, 0.05) is 30.3 Å². The van der Waals surface area contributed by atoms with Crippen LogP contribution in [0.3, 0.4) is 0 Å². The van der Waals surface area contributed by atoms with Crippen molar-refractivity contribution in [3.8, 4) is 0 Å². The molecule has 2 heterocycles. The molecule has 0 bridgehead atoms. The van der Waals surface area contributed by atoms with Gasteiger partial charge in [0.15, 0.2) is 17.4 Å². The van der Waals surface area contributed by atoms with Gasteiger partial charge in [-0.05, 0) is 30.5 Å². The fraction of sp³-hybridized carbons (Fsp3) is 0.280. The fourth-order valence-corrected chi connectivity index (χ4v) is 4.07. The van der Waals surface area contributed by atoms with E-state index >= 15 is 0 Å². The molecular formula is C25H27FN6O2. The number of hydrogen-bond donors (Lipinski definition) is 4. The Labute approximate surface area is 197 Å². The minimum Gasteiger partial charge on any atom is -0.365 e. The lowest BCUT2D eigenvalue weighted by molar-refractivity contribution is 0.0987. The third-order valence-electron chi connectivity index (χ3n) is 5.91. The molecule has 1 amide bonds. The molecule has 0 aliphatic heterocycles. The molecule has 8 nitrogen and oxygen atoms in total. The number of rotatable bonds is 8. The fourth-order valence-electron chi connectivity index (χ4n) is 4.07. The molecule has 1 fully saturated rings. The lowest BCUT2D eigenvalue weighted by Crippen LogP contribution is -2.43. The Morgan fingerprint density at radius 2 is 1.82 bits per heavy atom. The Bertz CT molecular complexity index is 1190. The molecule has 9 heteroatoms. The number of ketones is 1. The molecule has 34 heavy (non-hydrogen) atoms.